The van der Waals surface area contributed by atoms with Crippen LogP contribution >= 0.6 is 0 Å². The molecule has 1 aromatic rings. The second kappa shape index (κ2) is 3.69. The van der Waals surface area contributed by atoms with Gasteiger partial charge < -0.3 is 15.8 Å². The number of ether oxygens (including phenoxy) is 1. The number of nitrogens with zero attached hydrogens (tertiary/aromatic N) is 2. The van der Waals surface area contributed by atoms with Crippen molar-refractivity contribution in [1.29, 1.82) is 0 Å². The Bertz CT molecular complexity index is 325. The van der Waals surface area contributed by atoms with Gasteiger partial charge in [0.05, 0.1) is 7.11 Å². The summed E-state index contributed by atoms with van der Waals surface area (Å²) in [5, 5.41) is 3.21. The topological polar surface area (TPSA) is 73.1 Å². The van der Waals surface area contributed by atoms with E-state index in [1.54, 1.807) is 7.11 Å². The maximum absolute atomic E-state index is 5.64. The molecule has 1 aliphatic carbocycles. The number of methoxy groups -OCH3 is 1. The number of nitrogens with one attached hydrogen (secondary N) is 1. The molecule has 1 heterocycles. The molecule has 1 fully saturated rings. The maximum Gasteiger partial charge on any atom is 0.203 e. The first-order valence-corrected chi connectivity index (χ1v) is 4.69. The zero-order valence-corrected chi connectivity index (χ0v) is 8.16. The summed E-state index contributed by atoms with van der Waals surface area (Å²) in [5.41, 5.74) is 5.64. The number of hydrogen-bond donors (Lipinski definition) is 2. The summed E-state index contributed by atoms with van der Waals surface area (Å²) in [5.74, 6) is 2.39. The van der Waals surface area contributed by atoms with Crippen molar-refractivity contribution in [2.24, 2.45) is 5.92 Å². The summed E-state index contributed by atoms with van der Waals surface area (Å²) in [6.07, 6.45) is 4.04. The number of rotatable bonds is 4. The molecule has 1 aromatic heterocycles. The van der Waals surface area contributed by atoms with Crippen LogP contribution < -0.4 is 15.8 Å². The lowest BCUT2D eigenvalue weighted by atomic mass is 10.4. The average molecular weight is 194 g/mol. The zero-order chi connectivity index (χ0) is 9.97. The zero-order valence-electron chi connectivity index (χ0n) is 8.16. The highest BCUT2D eigenvalue weighted by molar-refractivity contribution is 5.61. The molecular weight excluding hydrogens is 180 g/mol. The molecule has 0 atom stereocenters. The van der Waals surface area contributed by atoms with Gasteiger partial charge in [0.25, 0.3) is 0 Å². The van der Waals surface area contributed by atoms with Crippen LogP contribution in [0.4, 0.5) is 11.6 Å². The van der Waals surface area contributed by atoms with Gasteiger partial charge in [0.15, 0.2) is 11.6 Å². The Hall–Kier alpha value is -1.52. The van der Waals surface area contributed by atoms with E-state index in [0.29, 0.717) is 17.4 Å². The smallest absolute Gasteiger partial charge is 0.203 e. The van der Waals surface area contributed by atoms with E-state index in [0.717, 1.165) is 12.5 Å². The molecule has 3 N–H and O–H groups in total. The molecule has 0 unspecified atom stereocenters. The third-order valence-corrected chi connectivity index (χ3v) is 2.29. The van der Waals surface area contributed by atoms with Crippen LogP contribution in [0.5, 0.6) is 5.75 Å². The predicted molar refractivity (Wildman–Crippen MR) is 54.2 cm³/mol. The number of nitrogen functional groups attached to an aromatic ring is 1. The molecule has 1 saturated carbocycles. The van der Waals surface area contributed by atoms with E-state index >= 15 is 0 Å². The van der Waals surface area contributed by atoms with Gasteiger partial charge in [-0.3, -0.25) is 0 Å². The van der Waals surface area contributed by atoms with Crippen LogP contribution in [0, 0.1) is 5.92 Å². The molecule has 0 bridgehead atoms. The third kappa shape index (κ3) is 1.86. The Kier molecular flexibility index (Phi) is 2.39. The van der Waals surface area contributed by atoms with Gasteiger partial charge in [0, 0.05) is 6.54 Å². The van der Waals surface area contributed by atoms with Crippen LogP contribution in [-0.4, -0.2) is 23.6 Å². The highest BCUT2D eigenvalue weighted by atomic mass is 16.5. The van der Waals surface area contributed by atoms with Gasteiger partial charge >= 0.3 is 0 Å². The first-order valence-electron chi connectivity index (χ1n) is 4.69. The van der Waals surface area contributed by atoms with Crippen molar-refractivity contribution < 1.29 is 4.74 Å². The van der Waals surface area contributed by atoms with Gasteiger partial charge in [-0.2, -0.15) is 0 Å². The summed E-state index contributed by atoms with van der Waals surface area (Å²) in [6.45, 7) is 0.937. The lowest BCUT2D eigenvalue weighted by Gasteiger charge is -2.10. The highest BCUT2D eigenvalue weighted by Gasteiger charge is 2.21. The summed E-state index contributed by atoms with van der Waals surface area (Å²) in [4.78, 5) is 7.94. The summed E-state index contributed by atoms with van der Waals surface area (Å²) >= 11 is 0. The molecule has 1 aliphatic rings. The molecule has 0 aromatic carbocycles. The minimum absolute atomic E-state index is 0.376. The Balaban J connectivity index is 2.09. The SMILES string of the molecule is COc1c(N)ncnc1NCC1CC1. The molecule has 76 valence electrons. The Labute approximate surface area is 82.7 Å². The second-order valence-corrected chi connectivity index (χ2v) is 3.47. The first kappa shape index (κ1) is 9.05. The average Bonchev–Trinajstić information content (AvgIpc) is 2.98. The van der Waals surface area contributed by atoms with Crippen molar-refractivity contribution in [3.05, 3.63) is 6.33 Å². The number of hydrogen-bond acceptors (Lipinski definition) is 5. The summed E-state index contributed by atoms with van der Waals surface area (Å²) < 4.78 is 5.12. The fourth-order valence-electron chi connectivity index (χ4n) is 1.28. The minimum atomic E-state index is 0.376. The van der Waals surface area contributed by atoms with Crippen LogP contribution in [-0.2, 0) is 0 Å². The Morgan fingerprint density at radius 1 is 1.57 bits per heavy atom. The molecule has 0 saturated heterocycles. The van der Waals surface area contributed by atoms with Crippen LogP contribution in [0.2, 0.25) is 0 Å². The van der Waals surface area contributed by atoms with E-state index in [1.165, 1.54) is 19.2 Å². The monoisotopic (exact) mass is 194 g/mol. The van der Waals surface area contributed by atoms with Crippen molar-refractivity contribution in [2.75, 3.05) is 24.7 Å². The van der Waals surface area contributed by atoms with E-state index in [2.05, 4.69) is 15.3 Å². The van der Waals surface area contributed by atoms with Crippen LogP contribution in [0.25, 0.3) is 0 Å². The van der Waals surface area contributed by atoms with Crippen LogP contribution in [0.3, 0.4) is 0 Å². The summed E-state index contributed by atoms with van der Waals surface area (Å²) in [7, 11) is 1.57. The summed E-state index contributed by atoms with van der Waals surface area (Å²) in [6, 6.07) is 0. The van der Waals surface area contributed by atoms with E-state index in [9.17, 15) is 0 Å². The standard InChI is InChI=1S/C9H14N4O/c1-14-7-8(10)12-5-13-9(7)11-4-6-2-3-6/h5-6H,2-4H2,1H3,(H3,10,11,12,13). The van der Waals surface area contributed by atoms with E-state index in [-0.39, 0.29) is 0 Å². The van der Waals surface area contributed by atoms with E-state index in [4.69, 9.17) is 10.5 Å². The number of anilines is 2. The fourth-order valence-corrected chi connectivity index (χ4v) is 1.28. The Morgan fingerprint density at radius 2 is 2.36 bits per heavy atom. The van der Waals surface area contributed by atoms with Gasteiger partial charge in [0.2, 0.25) is 5.75 Å². The van der Waals surface area contributed by atoms with Crippen molar-refractivity contribution in [3.63, 3.8) is 0 Å². The molecule has 5 heteroatoms. The minimum Gasteiger partial charge on any atom is -0.490 e. The van der Waals surface area contributed by atoms with E-state index < -0.39 is 0 Å². The van der Waals surface area contributed by atoms with Gasteiger partial charge in [-0.15, -0.1) is 0 Å². The second-order valence-electron chi connectivity index (χ2n) is 3.47. The van der Waals surface area contributed by atoms with Crippen molar-refractivity contribution >= 4 is 11.6 Å². The molecule has 2 rings (SSSR count). The van der Waals surface area contributed by atoms with Crippen molar-refractivity contribution in [1.82, 2.24) is 9.97 Å². The quantitative estimate of drug-likeness (QED) is 0.744. The lowest BCUT2D eigenvalue weighted by molar-refractivity contribution is 0.415. The van der Waals surface area contributed by atoms with Gasteiger partial charge in [-0.25, -0.2) is 9.97 Å². The fraction of sp³-hybridized carbons (Fsp3) is 0.556. The molecular formula is C9H14N4O. The molecule has 0 aliphatic heterocycles. The van der Waals surface area contributed by atoms with E-state index in [1.807, 2.05) is 0 Å². The largest absolute Gasteiger partial charge is 0.490 e. The highest BCUT2D eigenvalue weighted by Crippen LogP contribution is 2.31. The maximum atomic E-state index is 5.64. The van der Waals surface area contributed by atoms with Gasteiger partial charge in [0.1, 0.15) is 6.33 Å². The van der Waals surface area contributed by atoms with Crippen molar-refractivity contribution in [2.45, 2.75) is 12.8 Å². The van der Waals surface area contributed by atoms with Crippen LogP contribution in [0.15, 0.2) is 6.33 Å². The molecule has 14 heavy (non-hydrogen) atoms. The molecule has 5 nitrogen and oxygen atoms in total. The predicted octanol–water partition coefficient (Wildman–Crippen LogP) is 0.889. The van der Waals surface area contributed by atoms with Gasteiger partial charge in [-0.05, 0) is 18.8 Å². The normalized spacial score (nSPS) is 15.2. The first-order chi connectivity index (χ1) is 6.81. The molecule has 0 spiro atoms. The lowest BCUT2D eigenvalue weighted by Crippen LogP contribution is -2.08. The number of aromatic nitrogens is 2. The number of nitrogens with two attached hydrogens (primary N) is 1. The van der Waals surface area contributed by atoms with Gasteiger partial charge in [-0.1, -0.05) is 0 Å². The van der Waals surface area contributed by atoms with Crippen molar-refractivity contribution in [3.8, 4) is 5.75 Å². The molecule has 0 radical (unpaired) electrons. The van der Waals surface area contributed by atoms with Crippen LogP contribution in [0.1, 0.15) is 12.8 Å². The Morgan fingerprint density at radius 3 is 3.00 bits per heavy atom. The molecule has 0 amide bonds. The third-order valence-electron chi connectivity index (χ3n) is 2.29.